The lowest BCUT2D eigenvalue weighted by atomic mass is 9.78. The van der Waals surface area contributed by atoms with Crippen molar-refractivity contribution >= 4 is 0 Å². The van der Waals surface area contributed by atoms with Crippen LogP contribution in [0.1, 0.15) is 43.7 Å². The molecular weight excluding hydrogens is 244 g/mol. The van der Waals surface area contributed by atoms with Crippen molar-refractivity contribution in [2.75, 3.05) is 32.7 Å². The molecule has 0 bridgehead atoms. The number of hydrogen-bond donors (Lipinski definition) is 1. The highest BCUT2D eigenvalue weighted by Crippen LogP contribution is 2.41. The average molecular weight is 272 g/mol. The number of piperazine rings is 1. The van der Waals surface area contributed by atoms with E-state index in [-0.39, 0.29) is 0 Å². The van der Waals surface area contributed by atoms with Crippen molar-refractivity contribution in [1.82, 2.24) is 10.2 Å². The summed E-state index contributed by atoms with van der Waals surface area (Å²) in [5, 5.41) is 3.47. The van der Waals surface area contributed by atoms with Gasteiger partial charge in [-0.25, -0.2) is 0 Å². The maximum Gasteiger partial charge on any atom is 0.0108 e. The SMILES string of the molecule is CCc1ccc(C2(CN3CCNCC3)CCCC2)cc1. The van der Waals surface area contributed by atoms with Gasteiger partial charge >= 0.3 is 0 Å². The molecule has 0 amide bonds. The minimum Gasteiger partial charge on any atom is -0.314 e. The molecule has 1 aromatic rings. The molecule has 1 saturated carbocycles. The molecule has 0 radical (unpaired) electrons. The van der Waals surface area contributed by atoms with E-state index in [9.17, 15) is 0 Å². The lowest BCUT2D eigenvalue weighted by Gasteiger charge is -2.38. The van der Waals surface area contributed by atoms with Gasteiger partial charge in [-0.15, -0.1) is 0 Å². The third kappa shape index (κ3) is 2.91. The lowest BCUT2D eigenvalue weighted by Crippen LogP contribution is -2.48. The first-order chi connectivity index (χ1) is 9.82. The number of benzene rings is 1. The first-order valence-corrected chi connectivity index (χ1v) is 8.35. The van der Waals surface area contributed by atoms with E-state index < -0.39 is 0 Å². The van der Waals surface area contributed by atoms with Gasteiger partial charge in [-0.05, 0) is 30.4 Å². The zero-order chi connectivity index (χ0) is 13.8. The van der Waals surface area contributed by atoms with Gasteiger partial charge in [0.2, 0.25) is 0 Å². The van der Waals surface area contributed by atoms with E-state index in [2.05, 4.69) is 41.4 Å². The fraction of sp³-hybridized carbons (Fsp3) is 0.667. The van der Waals surface area contributed by atoms with Gasteiger partial charge in [0.05, 0.1) is 0 Å². The van der Waals surface area contributed by atoms with Gasteiger partial charge in [-0.3, -0.25) is 4.90 Å². The summed E-state index contributed by atoms with van der Waals surface area (Å²) >= 11 is 0. The van der Waals surface area contributed by atoms with Crippen LogP contribution in [0.15, 0.2) is 24.3 Å². The normalized spacial score (nSPS) is 23.1. The summed E-state index contributed by atoms with van der Waals surface area (Å²) < 4.78 is 0. The molecule has 1 aliphatic carbocycles. The number of nitrogens with zero attached hydrogens (tertiary/aromatic N) is 1. The first-order valence-electron chi connectivity index (χ1n) is 8.35. The third-order valence-corrected chi connectivity index (χ3v) is 5.27. The number of rotatable bonds is 4. The van der Waals surface area contributed by atoms with E-state index in [0.717, 1.165) is 19.5 Å². The Bertz CT molecular complexity index is 412. The summed E-state index contributed by atoms with van der Waals surface area (Å²) in [6.07, 6.45) is 6.71. The van der Waals surface area contributed by atoms with Crippen molar-refractivity contribution in [2.24, 2.45) is 0 Å². The molecule has 20 heavy (non-hydrogen) atoms. The summed E-state index contributed by atoms with van der Waals surface area (Å²) in [5.41, 5.74) is 3.48. The first kappa shape index (κ1) is 14.1. The maximum absolute atomic E-state index is 3.47. The minimum atomic E-state index is 0.434. The van der Waals surface area contributed by atoms with Crippen molar-refractivity contribution in [2.45, 2.75) is 44.4 Å². The Kier molecular flexibility index (Phi) is 4.42. The molecule has 0 aromatic heterocycles. The molecule has 2 nitrogen and oxygen atoms in total. The number of hydrogen-bond acceptors (Lipinski definition) is 2. The smallest absolute Gasteiger partial charge is 0.0108 e. The quantitative estimate of drug-likeness (QED) is 0.906. The van der Waals surface area contributed by atoms with Crippen LogP contribution in [0.4, 0.5) is 0 Å². The fourth-order valence-electron chi connectivity index (χ4n) is 3.98. The van der Waals surface area contributed by atoms with Crippen LogP contribution in [0.3, 0.4) is 0 Å². The molecule has 0 unspecified atom stereocenters. The van der Waals surface area contributed by atoms with Gasteiger partial charge in [-0.2, -0.15) is 0 Å². The molecule has 2 heteroatoms. The summed E-state index contributed by atoms with van der Waals surface area (Å²) in [7, 11) is 0. The standard InChI is InChI=1S/C18H28N2/c1-2-16-5-7-17(8-6-16)18(9-3-4-10-18)15-20-13-11-19-12-14-20/h5-8,19H,2-4,9-15H2,1H3. The van der Waals surface area contributed by atoms with Gasteiger partial charge in [0.1, 0.15) is 0 Å². The van der Waals surface area contributed by atoms with Gasteiger partial charge in [0.25, 0.3) is 0 Å². The molecule has 1 N–H and O–H groups in total. The van der Waals surface area contributed by atoms with Crippen LogP contribution in [0.25, 0.3) is 0 Å². The zero-order valence-electron chi connectivity index (χ0n) is 12.8. The van der Waals surface area contributed by atoms with Crippen molar-refractivity contribution in [3.8, 4) is 0 Å². The van der Waals surface area contributed by atoms with Crippen LogP contribution in [0.2, 0.25) is 0 Å². The van der Waals surface area contributed by atoms with Crippen LogP contribution >= 0.6 is 0 Å². The van der Waals surface area contributed by atoms with Gasteiger partial charge < -0.3 is 5.32 Å². The maximum atomic E-state index is 3.47. The molecule has 1 aromatic carbocycles. The average Bonchev–Trinajstić information content (AvgIpc) is 2.98. The molecule has 1 heterocycles. The van der Waals surface area contributed by atoms with Crippen molar-refractivity contribution < 1.29 is 0 Å². The van der Waals surface area contributed by atoms with Crippen molar-refractivity contribution in [3.05, 3.63) is 35.4 Å². The molecule has 1 aliphatic heterocycles. The highest BCUT2D eigenvalue weighted by Gasteiger charge is 2.37. The Labute approximate surface area is 123 Å². The molecule has 2 aliphatic rings. The second kappa shape index (κ2) is 6.28. The number of aryl methyl sites for hydroxylation is 1. The van der Waals surface area contributed by atoms with Crippen LogP contribution in [0, 0.1) is 0 Å². The molecule has 3 rings (SSSR count). The molecule has 0 spiro atoms. The molecule has 0 atom stereocenters. The van der Waals surface area contributed by atoms with Crippen LogP contribution in [-0.4, -0.2) is 37.6 Å². The van der Waals surface area contributed by atoms with E-state index >= 15 is 0 Å². The van der Waals surface area contributed by atoms with Crippen molar-refractivity contribution in [1.29, 1.82) is 0 Å². The van der Waals surface area contributed by atoms with Crippen LogP contribution in [0.5, 0.6) is 0 Å². The Hall–Kier alpha value is -0.860. The lowest BCUT2D eigenvalue weighted by molar-refractivity contribution is 0.185. The van der Waals surface area contributed by atoms with Crippen molar-refractivity contribution in [3.63, 3.8) is 0 Å². The Morgan fingerprint density at radius 3 is 2.30 bits per heavy atom. The van der Waals surface area contributed by atoms with Crippen LogP contribution in [-0.2, 0) is 11.8 Å². The predicted molar refractivity (Wildman–Crippen MR) is 85.3 cm³/mol. The molecule has 2 fully saturated rings. The highest BCUT2D eigenvalue weighted by molar-refractivity contribution is 5.31. The topological polar surface area (TPSA) is 15.3 Å². The number of nitrogens with one attached hydrogen (secondary N) is 1. The zero-order valence-corrected chi connectivity index (χ0v) is 12.8. The van der Waals surface area contributed by atoms with Gasteiger partial charge in [0, 0.05) is 38.1 Å². The summed E-state index contributed by atoms with van der Waals surface area (Å²) in [5.74, 6) is 0. The summed E-state index contributed by atoms with van der Waals surface area (Å²) in [4.78, 5) is 2.68. The Balaban J connectivity index is 1.78. The molecule has 1 saturated heterocycles. The fourth-order valence-corrected chi connectivity index (χ4v) is 3.98. The van der Waals surface area contributed by atoms with E-state index in [1.807, 2.05) is 0 Å². The molecular formula is C18H28N2. The van der Waals surface area contributed by atoms with E-state index in [1.54, 1.807) is 5.56 Å². The second-order valence-electron chi connectivity index (χ2n) is 6.56. The molecule has 110 valence electrons. The van der Waals surface area contributed by atoms with E-state index in [0.29, 0.717) is 5.41 Å². The second-order valence-corrected chi connectivity index (χ2v) is 6.56. The highest BCUT2D eigenvalue weighted by atomic mass is 15.2. The predicted octanol–water partition coefficient (Wildman–Crippen LogP) is 2.97. The largest absolute Gasteiger partial charge is 0.314 e. The van der Waals surface area contributed by atoms with Gasteiger partial charge in [0.15, 0.2) is 0 Å². The van der Waals surface area contributed by atoms with Gasteiger partial charge in [-0.1, -0.05) is 44.0 Å². The Morgan fingerprint density at radius 1 is 1.05 bits per heavy atom. The summed E-state index contributed by atoms with van der Waals surface area (Å²) in [6.45, 7) is 8.25. The third-order valence-electron chi connectivity index (χ3n) is 5.27. The Morgan fingerprint density at radius 2 is 1.70 bits per heavy atom. The van der Waals surface area contributed by atoms with E-state index in [1.165, 1.54) is 50.9 Å². The summed E-state index contributed by atoms with van der Waals surface area (Å²) in [6, 6.07) is 9.50. The van der Waals surface area contributed by atoms with E-state index in [4.69, 9.17) is 0 Å². The van der Waals surface area contributed by atoms with Crippen LogP contribution < -0.4 is 5.32 Å². The minimum absolute atomic E-state index is 0.434. The monoisotopic (exact) mass is 272 g/mol.